The number of ether oxygens (including phenoxy) is 6. The first kappa shape index (κ1) is 31.0. The SMILES string of the molecule is C1COCCOCCOCCOCCOCCO1.[NH3+]Cc1ccc(F)cc1.[O-][Cl+3]([O-])([O-])[O-]. The van der Waals surface area contributed by atoms with Crippen molar-refractivity contribution < 1.29 is 67.4 Å². The molecule has 0 aromatic heterocycles. The highest BCUT2D eigenvalue weighted by atomic mass is 35.7. The van der Waals surface area contributed by atoms with Gasteiger partial charge in [0.2, 0.25) is 0 Å². The zero-order valence-corrected chi connectivity index (χ0v) is 18.8. The Labute approximate surface area is 189 Å². The van der Waals surface area contributed by atoms with Gasteiger partial charge >= 0.3 is 0 Å². The summed E-state index contributed by atoms with van der Waals surface area (Å²) in [4.78, 5) is 0. The van der Waals surface area contributed by atoms with E-state index in [-0.39, 0.29) is 5.82 Å². The van der Waals surface area contributed by atoms with E-state index in [4.69, 9.17) is 47.1 Å². The predicted octanol–water partition coefficient (Wildman–Crippen LogP) is -4.09. The summed E-state index contributed by atoms with van der Waals surface area (Å²) >= 11 is 0. The van der Waals surface area contributed by atoms with E-state index in [9.17, 15) is 4.39 Å². The Kier molecular flexibility index (Phi) is 21.1. The number of quaternary nitrogens is 1. The van der Waals surface area contributed by atoms with Crippen LogP contribution in [0.2, 0.25) is 0 Å². The van der Waals surface area contributed by atoms with Gasteiger partial charge < -0.3 is 34.2 Å². The van der Waals surface area contributed by atoms with Crippen LogP contribution in [0.3, 0.4) is 0 Å². The van der Waals surface area contributed by atoms with Crippen LogP contribution in [-0.2, 0) is 35.0 Å². The topological polar surface area (TPSA) is 175 Å². The summed E-state index contributed by atoms with van der Waals surface area (Å²) in [7, 11) is -4.94. The van der Waals surface area contributed by atoms with E-state index in [2.05, 4.69) is 5.73 Å². The molecule has 0 atom stereocenters. The van der Waals surface area contributed by atoms with Crippen molar-refractivity contribution >= 4 is 0 Å². The van der Waals surface area contributed by atoms with Gasteiger partial charge in [-0.05, 0) is 12.1 Å². The van der Waals surface area contributed by atoms with Crippen molar-refractivity contribution in [3.63, 3.8) is 0 Å². The summed E-state index contributed by atoms with van der Waals surface area (Å²) in [5.74, 6) is -0.188. The van der Waals surface area contributed by atoms with Gasteiger partial charge in [0.25, 0.3) is 0 Å². The summed E-state index contributed by atoms with van der Waals surface area (Å²) in [5, 5.41) is 0. The monoisotopic (exact) mass is 489 g/mol. The maximum absolute atomic E-state index is 12.2. The lowest BCUT2D eigenvalue weighted by Crippen LogP contribution is -2.68. The molecule has 0 aliphatic carbocycles. The maximum atomic E-state index is 12.2. The molecule has 2 rings (SSSR count). The molecule has 3 N–H and O–H groups in total. The summed E-state index contributed by atoms with van der Waals surface area (Å²) < 4.78 is 78.1. The predicted molar refractivity (Wildman–Crippen MR) is 97.9 cm³/mol. The van der Waals surface area contributed by atoms with Crippen molar-refractivity contribution in [3.05, 3.63) is 35.6 Å². The number of benzene rings is 1. The van der Waals surface area contributed by atoms with E-state index < -0.39 is 10.2 Å². The van der Waals surface area contributed by atoms with Crippen LogP contribution in [0.4, 0.5) is 4.39 Å². The van der Waals surface area contributed by atoms with E-state index in [0.29, 0.717) is 79.3 Å². The molecule has 1 aliphatic rings. The quantitative estimate of drug-likeness (QED) is 0.408. The lowest BCUT2D eigenvalue weighted by molar-refractivity contribution is -2.00. The summed E-state index contributed by atoms with van der Waals surface area (Å²) in [6, 6.07) is 6.37. The highest BCUT2D eigenvalue weighted by Crippen LogP contribution is 1.99. The molecule has 188 valence electrons. The standard InChI is InChI=1S/C12H24O6.C7H8FN.ClHO4/c1-2-14-5-6-16-9-10-18-12-11-17-8-7-15-4-3-13-1;8-7-3-1-6(5-9)2-4-7;2-1(3,4)5/h1-12H2;1-4H,5,9H2;(H,2,3,4,5). The molecule has 11 nitrogen and oxygen atoms in total. The highest BCUT2D eigenvalue weighted by Gasteiger charge is 1.95. The van der Waals surface area contributed by atoms with Crippen LogP contribution in [0.25, 0.3) is 0 Å². The normalized spacial score (nSPS) is 18.1. The third-order valence-corrected chi connectivity index (χ3v) is 3.43. The zero-order valence-electron chi connectivity index (χ0n) is 18.0. The average molecular weight is 490 g/mol. The first-order chi connectivity index (χ1) is 15.3. The van der Waals surface area contributed by atoms with Crippen LogP contribution in [0.5, 0.6) is 0 Å². The Morgan fingerprint density at radius 3 is 1.00 bits per heavy atom. The molecular formula is C19H33ClFNO10. The first-order valence-electron chi connectivity index (χ1n) is 9.95. The zero-order chi connectivity index (χ0) is 23.9. The molecule has 0 unspecified atom stereocenters. The minimum absolute atomic E-state index is 0.188. The molecule has 0 spiro atoms. The number of halogens is 2. The van der Waals surface area contributed by atoms with Crippen molar-refractivity contribution in [3.8, 4) is 0 Å². The molecule has 0 bridgehead atoms. The molecule has 0 radical (unpaired) electrons. The fourth-order valence-electron chi connectivity index (χ4n) is 1.97. The van der Waals surface area contributed by atoms with Gasteiger partial charge in [0.15, 0.2) is 0 Å². The Balaban J connectivity index is 0.000000566. The molecule has 13 heteroatoms. The van der Waals surface area contributed by atoms with Crippen LogP contribution in [0.15, 0.2) is 24.3 Å². The summed E-state index contributed by atoms with van der Waals surface area (Å²) in [6.45, 7) is 7.76. The summed E-state index contributed by atoms with van der Waals surface area (Å²) in [5.41, 5.74) is 4.73. The summed E-state index contributed by atoms with van der Waals surface area (Å²) in [6.07, 6.45) is 0. The fourth-order valence-corrected chi connectivity index (χ4v) is 1.97. The first-order valence-corrected chi connectivity index (χ1v) is 11.2. The van der Waals surface area contributed by atoms with Crippen LogP contribution >= 0.6 is 0 Å². The number of hydrogen-bond acceptors (Lipinski definition) is 10. The minimum Gasteiger partial charge on any atom is -0.377 e. The van der Waals surface area contributed by atoms with Gasteiger partial charge in [-0.3, -0.25) is 0 Å². The molecule has 1 saturated heterocycles. The fraction of sp³-hybridized carbons (Fsp3) is 0.684. The molecular weight excluding hydrogens is 457 g/mol. The van der Waals surface area contributed by atoms with Gasteiger partial charge in [-0.2, -0.15) is 0 Å². The van der Waals surface area contributed by atoms with Gasteiger partial charge in [-0.15, -0.1) is 10.2 Å². The van der Waals surface area contributed by atoms with E-state index in [1.54, 1.807) is 12.1 Å². The molecule has 32 heavy (non-hydrogen) atoms. The van der Waals surface area contributed by atoms with E-state index in [1.165, 1.54) is 12.1 Å². The minimum atomic E-state index is -4.94. The molecule has 1 aliphatic heterocycles. The second kappa shape index (κ2) is 21.8. The Bertz CT molecular complexity index is 441. The molecule has 0 saturated carbocycles. The Morgan fingerprint density at radius 2 is 0.812 bits per heavy atom. The van der Waals surface area contributed by atoms with Gasteiger partial charge in [0.1, 0.15) is 5.82 Å². The molecule has 1 fully saturated rings. The lowest BCUT2D eigenvalue weighted by Gasteiger charge is -2.17. The van der Waals surface area contributed by atoms with Gasteiger partial charge in [-0.1, -0.05) is 12.1 Å². The van der Waals surface area contributed by atoms with Crippen LogP contribution < -0.4 is 24.4 Å². The van der Waals surface area contributed by atoms with Crippen LogP contribution in [-0.4, -0.2) is 79.3 Å². The van der Waals surface area contributed by atoms with Crippen molar-refractivity contribution in [1.29, 1.82) is 0 Å². The van der Waals surface area contributed by atoms with Crippen molar-refractivity contribution in [2.24, 2.45) is 0 Å². The smallest absolute Gasteiger partial charge is 0.123 e. The second-order valence-electron chi connectivity index (χ2n) is 5.93. The lowest BCUT2D eigenvalue weighted by atomic mass is 10.2. The molecule has 1 aromatic rings. The van der Waals surface area contributed by atoms with Crippen LogP contribution in [0, 0.1) is 16.1 Å². The highest BCUT2D eigenvalue weighted by molar-refractivity contribution is 5.14. The van der Waals surface area contributed by atoms with Gasteiger partial charge in [0, 0.05) is 5.56 Å². The van der Waals surface area contributed by atoms with Crippen molar-refractivity contribution in [2.75, 3.05) is 79.3 Å². The molecule has 1 aromatic carbocycles. The van der Waals surface area contributed by atoms with Crippen molar-refractivity contribution in [2.45, 2.75) is 6.54 Å². The molecule has 0 amide bonds. The average Bonchev–Trinajstić information content (AvgIpc) is 2.74. The third-order valence-electron chi connectivity index (χ3n) is 3.43. The van der Waals surface area contributed by atoms with Crippen LogP contribution in [0.1, 0.15) is 5.56 Å². The van der Waals surface area contributed by atoms with E-state index in [1.807, 2.05) is 0 Å². The largest absolute Gasteiger partial charge is 0.377 e. The Morgan fingerprint density at radius 1 is 0.594 bits per heavy atom. The van der Waals surface area contributed by atoms with Gasteiger partial charge in [0.05, 0.1) is 85.8 Å². The Hall–Kier alpha value is -1.00. The molecule has 1 heterocycles. The second-order valence-corrected chi connectivity index (χ2v) is 6.68. The van der Waals surface area contributed by atoms with E-state index >= 15 is 0 Å². The maximum Gasteiger partial charge on any atom is 0.123 e. The van der Waals surface area contributed by atoms with Crippen molar-refractivity contribution in [1.82, 2.24) is 0 Å². The number of hydrogen-bond donors (Lipinski definition) is 1. The number of rotatable bonds is 1. The third kappa shape index (κ3) is 27.0. The van der Waals surface area contributed by atoms with Gasteiger partial charge in [-0.25, -0.2) is 23.0 Å². The van der Waals surface area contributed by atoms with E-state index in [0.717, 1.165) is 12.1 Å².